The zero-order valence-corrected chi connectivity index (χ0v) is 10.9. The summed E-state index contributed by atoms with van der Waals surface area (Å²) in [6.45, 7) is 4.06. The van der Waals surface area contributed by atoms with Gasteiger partial charge in [-0.3, -0.25) is 4.79 Å². The van der Waals surface area contributed by atoms with Gasteiger partial charge in [0, 0.05) is 28.6 Å². The molecule has 0 aromatic heterocycles. The zero-order chi connectivity index (χ0) is 10.6. The first kappa shape index (κ1) is 16.8. The fraction of sp³-hybridized carbons (Fsp3) is 0.417. The van der Waals surface area contributed by atoms with Crippen LogP contribution in [0.3, 0.4) is 0 Å². The second-order valence-electron chi connectivity index (χ2n) is 2.77. The van der Waals surface area contributed by atoms with Crippen molar-refractivity contribution < 1.29 is 31.2 Å². The van der Waals surface area contributed by atoms with E-state index in [4.69, 9.17) is 0 Å². The molecule has 0 N–H and O–H groups in total. The van der Waals surface area contributed by atoms with Crippen LogP contribution in [0.5, 0.6) is 0 Å². The van der Waals surface area contributed by atoms with Gasteiger partial charge in [-0.15, -0.1) is 0 Å². The van der Waals surface area contributed by atoms with E-state index in [2.05, 4.69) is 17.7 Å². The molecule has 0 amide bonds. The molecule has 0 atom stereocenters. The van der Waals surface area contributed by atoms with E-state index < -0.39 is 0 Å². The third-order valence-electron chi connectivity index (χ3n) is 1.41. The Hall–Kier alpha value is -0.596. The molecule has 15 heavy (non-hydrogen) atoms. The molecular weight excluding hydrogens is 224 g/mol. The first-order valence-electron chi connectivity index (χ1n) is 4.81. The smallest absolute Gasteiger partial charge is 0.302 e. The summed E-state index contributed by atoms with van der Waals surface area (Å²) in [5.41, 5.74) is 0. The number of unbranched alkanes of at least 4 members (excludes halogenated alkanes) is 1. The van der Waals surface area contributed by atoms with E-state index in [1.807, 2.05) is 30.3 Å². The maximum absolute atomic E-state index is 10.1. The van der Waals surface area contributed by atoms with Crippen LogP contribution >= 0.6 is 0 Å². The first-order valence-corrected chi connectivity index (χ1v) is 4.81. The molecule has 2 nitrogen and oxygen atoms in total. The summed E-state index contributed by atoms with van der Waals surface area (Å²) >= 11 is 0. The number of benzene rings is 1. The van der Waals surface area contributed by atoms with Gasteiger partial charge in [-0.25, -0.2) is 0 Å². The Kier molecular flexibility index (Phi) is 15.0. The normalized spacial score (nSPS) is 7.87. The number of ether oxygens (including phenoxy) is 1. The van der Waals surface area contributed by atoms with Gasteiger partial charge in [-0.1, -0.05) is 13.3 Å². The molecule has 0 spiro atoms. The van der Waals surface area contributed by atoms with E-state index in [1.54, 1.807) is 0 Å². The topological polar surface area (TPSA) is 26.3 Å². The van der Waals surface area contributed by atoms with Crippen molar-refractivity contribution >= 4 is 5.97 Å². The average Bonchev–Trinajstić information content (AvgIpc) is 2.21. The summed E-state index contributed by atoms with van der Waals surface area (Å²) in [5.74, 6) is -0.182. The Morgan fingerprint density at radius 1 is 1.27 bits per heavy atom. The van der Waals surface area contributed by atoms with E-state index in [9.17, 15) is 4.79 Å². The van der Waals surface area contributed by atoms with E-state index in [1.165, 1.54) is 6.92 Å². The number of carbonyl (C=O) groups is 1. The Bertz CT molecular complexity index is 198. The number of esters is 1. The van der Waals surface area contributed by atoms with Gasteiger partial charge in [0.15, 0.2) is 0 Å². The molecule has 0 saturated carbocycles. The van der Waals surface area contributed by atoms with Crippen LogP contribution in [0.25, 0.3) is 0 Å². The van der Waals surface area contributed by atoms with Crippen molar-refractivity contribution in [1.82, 2.24) is 0 Å². The van der Waals surface area contributed by atoms with E-state index in [0.29, 0.717) is 6.61 Å². The third kappa shape index (κ3) is 16.1. The molecule has 0 bridgehead atoms. The Morgan fingerprint density at radius 2 is 1.87 bits per heavy atom. The molecule has 0 heterocycles. The Balaban J connectivity index is 0. The summed E-state index contributed by atoms with van der Waals surface area (Å²) in [7, 11) is 0. The van der Waals surface area contributed by atoms with Crippen LogP contribution in [0.15, 0.2) is 30.3 Å². The predicted octanol–water partition coefficient (Wildman–Crippen LogP) is 2.83. The monoisotopic (exact) mass is 241 g/mol. The number of carbonyl (C=O) groups excluding carboxylic acids is 1. The van der Waals surface area contributed by atoms with Gasteiger partial charge in [0.05, 0.1) is 6.61 Å². The molecule has 0 fully saturated rings. The molecule has 0 aliphatic rings. The van der Waals surface area contributed by atoms with Gasteiger partial charge in [0.25, 0.3) is 0 Å². The van der Waals surface area contributed by atoms with Gasteiger partial charge in [0.1, 0.15) is 0 Å². The average molecular weight is 241 g/mol. The van der Waals surface area contributed by atoms with Crippen LogP contribution in [0, 0.1) is 6.07 Å². The summed E-state index contributed by atoms with van der Waals surface area (Å²) in [6, 6.07) is 12.5. The molecule has 0 unspecified atom stereocenters. The number of hydrogen-bond donors (Lipinski definition) is 0. The van der Waals surface area contributed by atoms with Crippen LogP contribution < -0.4 is 0 Å². The Morgan fingerprint density at radius 3 is 2.13 bits per heavy atom. The summed E-state index contributed by atoms with van der Waals surface area (Å²) < 4.78 is 4.64. The van der Waals surface area contributed by atoms with Gasteiger partial charge in [-0.05, 0) is 6.42 Å². The molecule has 0 saturated heterocycles. The minimum absolute atomic E-state index is 0. The quantitative estimate of drug-likeness (QED) is 0.352. The van der Waals surface area contributed by atoms with Crippen molar-refractivity contribution in [3.63, 3.8) is 0 Å². The summed E-state index contributed by atoms with van der Waals surface area (Å²) in [6.07, 6.45) is 2.05. The Labute approximate surface area is 107 Å². The molecule has 0 aliphatic heterocycles. The van der Waals surface area contributed by atoms with Crippen molar-refractivity contribution in [1.29, 1.82) is 0 Å². The van der Waals surface area contributed by atoms with Crippen LogP contribution in [0.4, 0.5) is 0 Å². The van der Waals surface area contributed by atoms with Crippen molar-refractivity contribution in [3.8, 4) is 0 Å². The molecule has 3 heteroatoms. The van der Waals surface area contributed by atoms with Gasteiger partial charge < -0.3 is 4.74 Å². The molecule has 1 aromatic rings. The minimum Gasteiger partial charge on any atom is -0.466 e. The van der Waals surface area contributed by atoms with E-state index in [0.717, 1.165) is 12.8 Å². The zero-order valence-electron chi connectivity index (χ0n) is 9.32. The molecular formula is C12H17O2Ti-. The second kappa shape index (κ2) is 13.4. The van der Waals surface area contributed by atoms with E-state index >= 15 is 0 Å². The van der Waals surface area contributed by atoms with E-state index in [-0.39, 0.29) is 27.7 Å². The standard InChI is InChI=1S/C6H12O2.C6H5.Ti/c1-3-4-5-8-6(2)7;1-2-4-6-5-3-1;/h3-5H2,1-2H3;1-5H;/q;-1;. The largest absolute Gasteiger partial charge is 0.466 e. The number of hydrogen-bond acceptors (Lipinski definition) is 2. The van der Waals surface area contributed by atoms with Crippen molar-refractivity contribution in [2.45, 2.75) is 26.7 Å². The predicted molar refractivity (Wildman–Crippen MR) is 56.8 cm³/mol. The van der Waals surface area contributed by atoms with Crippen LogP contribution in [0.1, 0.15) is 26.7 Å². The van der Waals surface area contributed by atoms with Crippen LogP contribution in [-0.4, -0.2) is 12.6 Å². The summed E-state index contributed by atoms with van der Waals surface area (Å²) in [5, 5.41) is 0. The maximum atomic E-state index is 10.1. The maximum Gasteiger partial charge on any atom is 0.302 e. The third-order valence-corrected chi connectivity index (χ3v) is 1.41. The van der Waals surface area contributed by atoms with Gasteiger partial charge >= 0.3 is 5.97 Å². The SMILES string of the molecule is CCCCOC(C)=O.[Ti].[c-]1ccccc1. The molecule has 1 aromatic carbocycles. The molecule has 1 rings (SSSR count). The molecule has 82 valence electrons. The summed E-state index contributed by atoms with van der Waals surface area (Å²) in [4.78, 5) is 10.1. The minimum atomic E-state index is -0.182. The first-order chi connectivity index (χ1) is 6.77. The fourth-order valence-corrected chi connectivity index (χ4v) is 0.702. The molecule has 0 aliphatic carbocycles. The van der Waals surface area contributed by atoms with Gasteiger partial charge in [-0.2, -0.15) is 36.4 Å². The number of rotatable bonds is 3. The van der Waals surface area contributed by atoms with Crippen molar-refractivity contribution in [2.24, 2.45) is 0 Å². The van der Waals surface area contributed by atoms with Crippen molar-refractivity contribution in [2.75, 3.05) is 6.61 Å². The van der Waals surface area contributed by atoms with Crippen molar-refractivity contribution in [3.05, 3.63) is 36.4 Å². The van der Waals surface area contributed by atoms with Crippen LogP contribution in [-0.2, 0) is 31.2 Å². The van der Waals surface area contributed by atoms with Crippen LogP contribution in [0.2, 0.25) is 0 Å². The molecule has 0 radical (unpaired) electrons. The fourth-order valence-electron chi connectivity index (χ4n) is 0.702. The van der Waals surface area contributed by atoms with Gasteiger partial charge in [0.2, 0.25) is 0 Å². The second-order valence-corrected chi connectivity index (χ2v) is 2.77.